The number of sulfonamides is 1. The second-order valence-corrected chi connectivity index (χ2v) is 6.81. The Labute approximate surface area is 115 Å². The fourth-order valence-corrected chi connectivity index (χ4v) is 2.91. The Kier molecular flexibility index (Phi) is 4.60. The molecule has 0 heterocycles. The van der Waals surface area contributed by atoms with Crippen LogP contribution in [0.4, 0.5) is 0 Å². The summed E-state index contributed by atoms with van der Waals surface area (Å²) < 4.78 is 22.3. The Balaban J connectivity index is 1.83. The molecule has 0 spiro atoms. The van der Waals surface area contributed by atoms with Gasteiger partial charge in [-0.25, -0.2) is 13.6 Å². The van der Waals surface area contributed by atoms with Crippen LogP contribution >= 0.6 is 0 Å². The predicted octanol–water partition coefficient (Wildman–Crippen LogP) is 1.65. The van der Waals surface area contributed by atoms with Gasteiger partial charge in [-0.1, -0.05) is 19.1 Å². The summed E-state index contributed by atoms with van der Waals surface area (Å²) >= 11 is 0. The first-order valence-corrected chi connectivity index (χ1v) is 8.40. The van der Waals surface area contributed by atoms with E-state index < -0.39 is 10.0 Å². The van der Waals surface area contributed by atoms with Gasteiger partial charge in [0.1, 0.15) is 0 Å². The lowest BCUT2D eigenvalue weighted by Crippen LogP contribution is -2.32. The number of nitrogens with one attached hydrogen (secondary N) is 1. The largest absolute Gasteiger partial charge is 0.313 e. The minimum Gasteiger partial charge on any atom is -0.313 e. The number of nitrogens with two attached hydrogens (primary N) is 1. The highest BCUT2D eigenvalue weighted by Gasteiger charge is 2.29. The first-order valence-electron chi connectivity index (χ1n) is 6.86. The normalized spacial score (nSPS) is 17.4. The fourth-order valence-electron chi connectivity index (χ4n) is 2.39. The second-order valence-electron chi connectivity index (χ2n) is 5.25. The lowest BCUT2D eigenvalue weighted by atomic mass is 10.1. The molecule has 1 aromatic carbocycles. The van der Waals surface area contributed by atoms with E-state index in [2.05, 4.69) is 12.2 Å². The third-order valence-electron chi connectivity index (χ3n) is 3.70. The van der Waals surface area contributed by atoms with Crippen LogP contribution in [0.5, 0.6) is 0 Å². The van der Waals surface area contributed by atoms with Crippen LogP contribution in [0.3, 0.4) is 0 Å². The highest BCUT2D eigenvalue weighted by molar-refractivity contribution is 7.89. The van der Waals surface area contributed by atoms with E-state index in [1.807, 2.05) is 12.1 Å². The number of rotatable bonds is 7. The molecule has 0 aromatic heterocycles. The molecule has 2 rings (SSSR count). The van der Waals surface area contributed by atoms with E-state index in [-0.39, 0.29) is 4.90 Å². The summed E-state index contributed by atoms with van der Waals surface area (Å²) in [5, 5.41) is 8.65. The molecule has 1 saturated carbocycles. The highest BCUT2D eigenvalue weighted by Crippen LogP contribution is 2.33. The van der Waals surface area contributed by atoms with Crippen LogP contribution in [-0.2, 0) is 16.4 Å². The van der Waals surface area contributed by atoms with Crippen molar-refractivity contribution in [1.82, 2.24) is 5.32 Å². The summed E-state index contributed by atoms with van der Waals surface area (Å²) in [6.45, 7) is 3.15. The Morgan fingerprint density at radius 3 is 2.42 bits per heavy atom. The summed E-state index contributed by atoms with van der Waals surface area (Å²) in [5.41, 5.74) is 1.13. The Morgan fingerprint density at radius 2 is 1.95 bits per heavy atom. The molecule has 0 aliphatic heterocycles. The molecule has 1 aliphatic carbocycles. The molecule has 3 N–H and O–H groups in total. The topological polar surface area (TPSA) is 72.2 Å². The van der Waals surface area contributed by atoms with Gasteiger partial charge < -0.3 is 5.32 Å². The molecule has 1 atom stereocenters. The van der Waals surface area contributed by atoms with Gasteiger partial charge in [0, 0.05) is 6.04 Å². The van der Waals surface area contributed by atoms with Crippen LogP contribution in [0.2, 0.25) is 0 Å². The predicted molar refractivity (Wildman–Crippen MR) is 76.3 cm³/mol. The van der Waals surface area contributed by atoms with Crippen molar-refractivity contribution in [3.63, 3.8) is 0 Å². The first kappa shape index (κ1) is 14.5. The molecule has 0 amide bonds. The molecule has 5 heteroatoms. The van der Waals surface area contributed by atoms with Crippen LogP contribution in [-0.4, -0.2) is 21.0 Å². The summed E-state index contributed by atoms with van der Waals surface area (Å²) in [5.74, 6) is 0.870. The summed E-state index contributed by atoms with van der Waals surface area (Å²) in [7, 11) is -3.58. The van der Waals surface area contributed by atoms with E-state index >= 15 is 0 Å². The minimum absolute atomic E-state index is 0.175. The number of hydrogen-bond acceptors (Lipinski definition) is 3. The standard InChI is InChI=1S/C14H22N2O2S/c1-2-14(12-5-6-12)16-10-9-11-3-7-13(8-4-11)19(15,17)18/h3-4,7-8,12,14,16H,2,5-6,9-10H2,1H3,(H2,15,17,18). The quantitative estimate of drug-likeness (QED) is 0.799. The fraction of sp³-hybridized carbons (Fsp3) is 0.571. The average Bonchev–Trinajstić information content (AvgIpc) is 3.18. The second kappa shape index (κ2) is 6.03. The van der Waals surface area contributed by atoms with Crippen molar-refractivity contribution in [2.24, 2.45) is 11.1 Å². The van der Waals surface area contributed by atoms with Gasteiger partial charge in [-0.05, 0) is 55.8 Å². The molecular formula is C14H22N2O2S. The summed E-state index contributed by atoms with van der Waals surface area (Å²) in [4.78, 5) is 0.175. The van der Waals surface area contributed by atoms with Crippen molar-refractivity contribution in [3.05, 3.63) is 29.8 Å². The van der Waals surface area contributed by atoms with Gasteiger partial charge in [0.05, 0.1) is 4.90 Å². The van der Waals surface area contributed by atoms with Crippen molar-refractivity contribution in [3.8, 4) is 0 Å². The van der Waals surface area contributed by atoms with E-state index in [0.717, 1.165) is 24.4 Å². The maximum atomic E-state index is 11.1. The van der Waals surface area contributed by atoms with Gasteiger partial charge in [0.15, 0.2) is 0 Å². The molecule has 1 fully saturated rings. The molecule has 106 valence electrons. The molecule has 1 aliphatic rings. The highest BCUT2D eigenvalue weighted by atomic mass is 32.2. The maximum absolute atomic E-state index is 11.1. The Morgan fingerprint density at radius 1 is 1.32 bits per heavy atom. The van der Waals surface area contributed by atoms with Crippen LogP contribution < -0.4 is 10.5 Å². The SMILES string of the molecule is CCC(NCCc1ccc(S(N)(=O)=O)cc1)C1CC1. The van der Waals surface area contributed by atoms with E-state index in [4.69, 9.17) is 5.14 Å². The molecule has 0 radical (unpaired) electrons. The smallest absolute Gasteiger partial charge is 0.238 e. The van der Waals surface area contributed by atoms with E-state index in [1.54, 1.807) is 12.1 Å². The van der Waals surface area contributed by atoms with Gasteiger partial charge in [-0.3, -0.25) is 0 Å². The van der Waals surface area contributed by atoms with Crippen molar-refractivity contribution in [1.29, 1.82) is 0 Å². The molecule has 0 bridgehead atoms. The molecule has 19 heavy (non-hydrogen) atoms. The number of primary sulfonamides is 1. The molecule has 4 nitrogen and oxygen atoms in total. The van der Waals surface area contributed by atoms with Gasteiger partial charge >= 0.3 is 0 Å². The first-order chi connectivity index (χ1) is 9.00. The zero-order valence-electron chi connectivity index (χ0n) is 11.3. The Bertz CT molecular complexity index is 507. The van der Waals surface area contributed by atoms with Gasteiger partial charge in [-0.15, -0.1) is 0 Å². The minimum atomic E-state index is -3.58. The van der Waals surface area contributed by atoms with Crippen LogP contribution in [0, 0.1) is 5.92 Å². The third-order valence-corrected chi connectivity index (χ3v) is 4.63. The van der Waals surface area contributed by atoms with E-state index in [9.17, 15) is 8.42 Å². The van der Waals surface area contributed by atoms with E-state index in [0.29, 0.717) is 6.04 Å². The van der Waals surface area contributed by atoms with Gasteiger partial charge in [0.25, 0.3) is 0 Å². The lowest BCUT2D eigenvalue weighted by molar-refractivity contribution is 0.453. The lowest BCUT2D eigenvalue weighted by Gasteiger charge is -2.15. The third kappa shape index (κ3) is 4.30. The van der Waals surface area contributed by atoms with Crippen molar-refractivity contribution in [2.45, 2.75) is 43.5 Å². The van der Waals surface area contributed by atoms with Crippen molar-refractivity contribution >= 4 is 10.0 Å². The molecule has 1 aromatic rings. The monoisotopic (exact) mass is 282 g/mol. The van der Waals surface area contributed by atoms with Gasteiger partial charge in [-0.2, -0.15) is 0 Å². The van der Waals surface area contributed by atoms with Crippen molar-refractivity contribution in [2.75, 3.05) is 6.54 Å². The Hall–Kier alpha value is -0.910. The van der Waals surface area contributed by atoms with Gasteiger partial charge in [0.2, 0.25) is 10.0 Å². The van der Waals surface area contributed by atoms with E-state index in [1.165, 1.54) is 19.3 Å². The molecular weight excluding hydrogens is 260 g/mol. The zero-order chi connectivity index (χ0) is 13.9. The molecule has 1 unspecified atom stereocenters. The van der Waals surface area contributed by atoms with Crippen molar-refractivity contribution < 1.29 is 8.42 Å². The summed E-state index contributed by atoms with van der Waals surface area (Å²) in [6, 6.07) is 7.45. The average molecular weight is 282 g/mol. The zero-order valence-corrected chi connectivity index (χ0v) is 12.1. The molecule has 0 saturated heterocycles. The van der Waals surface area contributed by atoms with Crippen LogP contribution in [0.25, 0.3) is 0 Å². The maximum Gasteiger partial charge on any atom is 0.238 e. The number of hydrogen-bond donors (Lipinski definition) is 2. The van der Waals surface area contributed by atoms with Crippen LogP contribution in [0.15, 0.2) is 29.2 Å². The summed E-state index contributed by atoms with van der Waals surface area (Å²) in [6.07, 6.45) is 4.80. The number of benzene rings is 1. The van der Waals surface area contributed by atoms with Crippen LogP contribution in [0.1, 0.15) is 31.7 Å².